The molecule has 1 fully saturated rings. The number of aliphatic hydroxyl groups is 1. The van der Waals surface area contributed by atoms with Crippen molar-refractivity contribution in [2.75, 3.05) is 45.9 Å². The van der Waals surface area contributed by atoms with Gasteiger partial charge < -0.3 is 19.8 Å². The number of esters is 1. The number of aliphatic hydroxyl groups excluding tert-OH is 1. The van der Waals surface area contributed by atoms with Crippen molar-refractivity contribution in [3.63, 3.8) is 0 Å². The summed E-state index contributed by atoms with van der Waals surface area (Å²) < 4.78 is 4.96. The third kappa shape index (κ3) is 4.86. The minimum absolute atomic E-state index is 0.0873. The molecule has 1 aromatic rings. The van der Waals surface area contributed by atoms with Crippen LogP contribution in [0.2, 0.25) is 0 Å². The van der Waals surface area contributed by atoms with Crippen molar-refractivity contribution >= 4 is 29.2 Å². The van der Waals surface area contributed by atoms with Gasteiger partial charge in [-0.05, 0) is 19.9 Å². The topological polar surface area (TPSA) is 121 Å². The number of nitrogens with zero attached hydrogens (tertiary/aromatic N) is 3. The zero-order valence-electron chi connectivity index (χ0n) is 15.5. The lowest BCUT2D eigenvalue weighted by Crippen LogP contribution is -2.49. The predicted octanol–water partition coefficient (Wildman–Crippen LogP) is 1.43. The van der Waals surface area contributed by atoms with Crippen molar-refractivity contribution in [1.82, 2.24) is 9.80 Å². The van der Waals surface area contributed by atoms with Crippen molar-refractivity contribution in [2.24, 2.45) is 0 Å². The zero-order valence-corrected chi connectivity index (χ0v) is 16.3. The van der Waals surface area contributed by atoms with Gasteiger partial charge in [0.1, 0.15) is 23.2 Å². The molecule has 146 valence electrons. The van der Waals surface area contributed by atoms with Crippen LogP contribution in [0.25, 0.3) is 6.08 Å². The molecule has 0 spiro atoms. The Bertz CT molecular complexity index is 773. The molecule has 27 heavy (non-hydrogen) atoms. The number of hydrogen-bond acceptors (Lipinski definition) is 8. The maximum Gasteiger partial charge on any atom is 0.343 e. The number of carbonyl (C=O) groups is 1. The van der Waals surface area contributed by atoms with Crippen LogP contribution >= 0.6 is 11.3 Å². The lowest BCUT2D eigenvalue weighted by Gasteiger charge is -2.35. The number of amidine groups is 1. The van der Waals surface area contributed by atoms with Crippen molar-refractivity contribution < 1.29 is 19.7 Å². The van der Waals surface area contributed by atoms with Gasteiger partial charge in [-0.25, -0.2) is 4.79 Å². The number of rotatable bonds is 6. The van der Waals surface area contributed by atoms with E-state index in [1.165, 1.54) is 17.4 Å². The van der Waals surface area contributed by atoms with Gasteiger partial charge in [-0.2, -0.15) is 5.26 Å². The molecule has 0 aliphatic carbocycles. The first-order valence-corrected chi connectivity index (χ1v) is 9.52. The highest BCUT2D eigenvalue weighted by Gasteiger charge is 2.24. The molecule has 1 aromatic heterocycles. The number of hydrogen-bond donors (Lipinski definition) is 3. The molecule has 3 N–H and O–H groups in total. The summed E-state index contributed by atoms with van der Waals surface area (Å²) in [6.45, 7) is 6.87. The van der Waals surface area contributed by atoms with Gasteiger partial charge in [-0.15, -0.1) is 11.3 Å². The Morgan fingerprint density at radius 1 is 1.41 bits per heavy atom. The largest absolute Gasteiger partial charge is 0.506 e. The second-order valence-electron chi connectivity index (χ2n) is 6.04. The van der Waals surface area contributed by atoms with Crippen LogP contribution in [0.4, 0.5) is 0 Å². The number of aryl methyl sites for hydroxylation is 1. The van der Waals surface area contributed by atoms with E-state index in [9.17, 15) is 15.2 Å². The first-order valence-electron chi connectivity index (χ1n) is 8.71. The van der Waals surface area contributed by atoms with Crippen molar-refractivity contribution in [1.29, 1.82) is 10.7 Å². The Balaban J connectivity index is 2.19. The highest BCUT2D eigenvalue weighted by molar-refractivity contribution is 7.13. The Morgan fingerprint density at radius 3 is 2.63 bits per heavy atom. The van der Waals surface area contributed by atoms with E-state index < -0.39 is 5.97 Å². The molecule has 0 aromatic carbocycles. The lowest BCUT2D eigenvalue weighted by molar-refractivity contribution is 0.0523. The number of nitrogens with one attached hydrogen (secondary N) is 1. The number of ether oxygens (including phenoxy) is 1. The quantitative estimate of drug-likeness (QED) is 0.290. The standard InChI is InChI=1S/C18H24N4O4S/c1-3-26-18(25)15-12(2)27-14(16(15)24)10-13(11-19)17(20)22-6-4-21(5-7-22)8-9-23/h10,20,23-24H,3-9H2,1-2H3/b13-10+,20-17?. The molecular formula is C18H24N4O4S. The zero-order chi connectivity index (χ0) is 20.0. The SMILES string of the molecule is CCOC(=O)c1c(C)sc(/C=C(\C#N)C(=N)N2CCN(CCO)CC2)c1O. The van der Waals surface area contributed by atoms with Crippen molar-refractivity contribution in [3.8, 4) is 11.8 Å². The lowest BCUT2D eigenvalue weighted by atomic mass is 10.1. The van der Waals surface area contributed by atoms with Crippen LogP contribution in [0.5, 0.6) is 5.75 Å². The second kappa shape index (κ2) is 9.50. The van der Waals surface area contributed by atoms with Gasteiger partial charge in [0.2, 0.25) is 0 Å². The molecule has 9 heteroatoms. The molecule has 1 aliphatic heterocycles. The molecule has 0 atom stereocenters. The van der Waals surface area contributed by atoms with Crippen LogP contribution in [0.3, 0.4) is 0 Å². The van der Waals surface area contributed by atoms with E-state index in [1.54, 1.807) is 18.7 Å². The third-order valence-electron chi connectivity index (χ3n) is 4.32. The van der Waals surface area contributed by atoms with Crippen molar-refractivity contribution in [3.05, 3.63) is 20.9 Å². The van der Waals surface area contributed by atoms with E-state index in [-0.39, 0.29) is 35.9 Å². The monoisotopic (exact) mass is 392 g/mol. The van der Waals surface area contributed by atoms with Crippen LogP contribution in [-0.4, -0.2) is 77.8 Å². The first-order chi connectivity index (χ1) is 12.9. The van der Waals surface area contributed by atoms with Gasteiger partial charge in [-0.3, -0.25) is 10.3 Å². The van der Waals surface area contributed by atoms with Gasteiger partial charge >= 0.3 is 5.97 Å². The number of β-amino-alcohol motifs (C(OH)–C–C–N with tert-alkyl or cyclic N) is 1. The highest BCUT2D eigenvalue weighted by Crippen LogP contribution is 2.36. The summed E-state index contributed by atoms with van der Waals surface area (Å²) >= 11 is 1.18. The van der Waals surface area contributed by atoms with Crippen LogP contribution in [0, 0.1) is 23.7 Å². The van der Waals surface area contributed by atoms with Gasteiger partial charge in [0.25, 0.3) is 0 Å². The van der Waals surface area contributed by atoms with Gasteiger partial charge in [0.05, 0.1) is 23.7 Å². The Hall–Kier alpha value is -2.41. The summed E-state index contributed by atoms with van der Waals surface area (Å²) in [7, 11) is 0. The summed E-state index contributed by atoms with van der Waals surface area (Å²) in [5, 5.41) is 37.2. The number of thiophene rings is 1. The fraction of sp³-hybridized carbons (Fsp3) is 0.500. The molecule has 2 heterocycles. The smallest absolute Gasteiger partial charge is 0.343 e. The maximum absolute atomic E-state index is 12.0. The molecule has 1 saturated heterocycles. The maximum atomic E-state index is 12.0. The van der Waals surface area contributed by atoms with E-state index in [0.29, 0.717) is 42.5 Å². The average Bonchev–Trinajstić information content (AvgIpc) is 2.93. The summed E-state index contributed by atoms with van der Waals surface area (Å²) in [5.41, 5.74) is 0.229. The summed E-state index contributed by atoms with van der Waals surface area (Å²) in [6.07, 6.45) is 1.44. The fourth-order valence-corrected chi connectivity index (χ4v) is 3.87. The number of piperazine rings is 1. The van der Waals surface area contributed by atoms with Gasteiger partial charge in [0, 0.05) is 37.6 Å². The van der Waals surface area contributed by atoms with E-state index >= 15 is 0 Å². The van der Waals surface area contributed by atoms with Crippen LogP contribution in [-0.2, 0) is 4.74 Å². The summed E-state index contributed by atoms with van der Waals surface area (Å²) in [5.74, 6) is -0.731. The molecular weight excluding hydrogens is 368 g/mol. The van der Waals surface area contributed by atoms with Crippen LogP contribution in [0.15, 0.2) is 5.57 Å². The third-order valence-corrected chi connectivity index (χ3v) is 5.36. The van der Waals surface area contributed by atoms with E-state index in [0.717, 1.165) is 0 Å². The Kier molecular flexibility index (Phi) is 7.36. The van der Waals surface area contributed by atoms with Gasteiger partial charge in [-0.1, -0.05) is 0 Å². The molecule has 8 nitrogen and oxygen atoms in total. The molecule has 2 rings (SSSR count). The average molecular weight is 392 g/mol. The second-order valence-corrected chi connectivity index (χ2v) is 7.29. The molecule has 0 radical (unpaired) electrons. The van der Waals surface area contributed by atoms with E-state index in [1.807, 2.05) is 6.07 Å². The number of carbonyl (C=O) groups excluding carboxylic acids is 1. The Morgan fingerprint density at radius 2 is 2.07 bits per heavy atom. The molecule has 0 saturated carbocycles. The van der Waals surface area contributed by atoms with E-state index in [4.69, 9.17) is 15.3 Å². The fourth-order valence-electron chi connectivity index (χ4n) is 2.89. The molecule has 1 aliphatic rings. The van der Waals surface area contributed by atoms with E-state index in [2.05, 4.69) is 4.90 Å². The minimum Gasteiger partial charge on any atom is -0.506 e. The highest BCUT2D eigenvalue weighted by atomic mass is 32.1. The first kappa shape index (κ1) is 20.9. The minimum atomic E-state index is -0.600. The number of nitriles is 1. The number of aromatic hydroxyl groups is 1. The Labute approximate surface area is 162 Å². The van der Waals surface area contributed by atoms with Crippen molar-refractivity contribution in [2.45, 2.75) is 13.8 Å². The van der Waals surface area contributed by atoms with Gasteiger partial charge in [0.15, 0.2) is 0 Å². The van der Waals surface area contributed by atoms with Crippen LogP contribution in [0.1, 0.15) is 27.0 Å². The summed E-state index contributed by atoms with van der Waals surface area (Å²) in [4.78, 5) is 16.8. The summed E-state index contributed by atoms with van der Waals surface area (Å²) in [6, 6.07) is 2.01. The molecule has 0 bridgehead atoms. The predicted molar refractivity (Wildman–Crippen MR) is 103 cm³/mol. The molecule has 0 amide bonds. The normalized spacial score (nSPS) is 15.5. The van der Waals surface area contributed by atoms with Crippen LogP contribution < -0.4 is 0 Å². The molecule has 0 unspecified atom stereocenters.